The van der Waals surface area contributed by atoms with E-state index in [1.807, 2.05) is 43.3 Å². The Morgan fingerprint density at radius 3 is 2.32 bits per heavy atom. The maximum absolute atomic E-state index is 11.9. The highest BCUT2D eigenvalue weighted by Crippen LogP contribution is 2.30. The second-order valence-electron chi connectivity index (χ2n) is 5.76. The van der Waals surface area contributed by atoms with Gasteiger partial charge in [0.2, 0.25) is 0 Å². The first-order chi connectivity index (χ1) is 12.0. The van der Waals surface area contributed by atoms with Crippen molar-refractivity contribution in [2.24, 2.45) is 0 Å². The molecule has 0 aliphatic carbocycles. The molecule has 0 amide bonds. The summed E-state index contributed by atoms with van der Waals surface area (Å²) in [4.78, 5) is 11.9. The summed E-state index contributed by atoms with van der Waals surface area (Å²) in [6.45, 7) is 2.47. The van der Waals surface area contributed by atoms with Crippen molar-refractivity contribution in [1.29, 1.82) is 0 Å². The van der Waals surface area contributed by atoms with E-state index in [1.165, 1.54) is 7.11 Å². The zero-order chi connectivity index (χ0) is 18.2. The summed E-state index contributed by atoms with van der Waals surface area (Å²) in [6.07, 6.45) is 0.716. The lowest BCUT2D eigenvalue weighted by Crippen LogP contribution is -2.28. The molecule has 0 spiro atoms. The van der Waals surface area contributed by atoms with Gasteiger partial charge in [-0.3, -0.25) is 4.79 Å². The number of halogens is 2. The van der Waals surface area contributed by atoms with Crippen LogP contribution in [-0.4, -0.2) is 25.8 Å². The lowest BCUT2D eigenvalue weighted by Gasteiger charge is -2.27. The van der Waals surface area contributed by atoms with Gasteiger partial charge in [0.15, 0.2) is 0 Å². The molecule has 0 fully saturated rings. The number of methoxy groups -OCH3 is 1. The monoisotopic (exact) mass is 424 g/mol. The fourth-order valence-corrected chi connectivity index (χ4v) is 3.22. The van der Waals surface area contributed by atoms with Crippen LogP contribution in [0.2, 0.25) is 5.02 Å². The fourth-order valence-electron chi connectivity index (χ4n) is 2.83. The quantitative estimate of drug-likeness (QED) is 0.531. The van der Waals surface area contributed by atoms with Gasteiger partial charge in [-0.1, -0.05) is 51.8 Å². The lowest BCUT2D eigenvalue weighted by molar-refractivity contribution is -0.144. The summed E-state index contributed by atoms with van der Waals surface area (Å²) >= 11 is 9.46. The van der Waals surface area contributed by atoms with Crippen LogP contribution >= 0.6 is 27.5 Å². The Bertz CT molecular complexity index is 670. The van der Waals surface area contributed by atoms with Crippen LogP contribution in [0.5, 0.6) is 0 Å². The van der Waals surface area contributed by atoms with Crippen molar-refractivity contribution in [2.45, 2.75) is 31.8 Å². The van der Waals surface area contributed by atoms with Gasteiger partial charge in [0, 0.05) is 22.0 Å². The van der Waals surface area contributed by atoms with Gasteiger partial charge in [-0.2, -0.15) is 0 Å². The maximum Gasteiger partial charge on any atom is 0.308 e. The number of ether oxygens (including phenoxy) is 2. The van der Waals surface area contributed by atoms with E-state index >= 15 is 0 Å². The second kappa shape index (κ2) is 9.95. The first-order valence-corrected chi connectivity index (χ1v) is 9.39. The molecule has 2 aromatic carbocycles. The number of esters is 1. The predicted octanol–water partition coefficient (Wildman–Crippen LogP) is 5.40. The van der Waals surface area contributed by atoms with Gasteiger partial charge in [-0.25, -0.2) is 0 Å². The Kier molecular flexibility index (Phi) is 7.94. The Labute approximate surface area is 162 Å². The maximum atomic E-state index is 11.9. The molecule has 5 heteroatoms. The molecule has 2 rings (SSSR count). The van der Waals surface area contributed by atoms with Crippen molar-refractivity contribution in [2.75, 3.05) is 13.7 Å². The Balaban J connectivity index is 2.32. The molecule has 2 atom stereocenters. The van der Waals surface area contributed by atoms with Crippen LogP contribution in [0.3, 0.4) is 0 Å². The van der Waals surface area contributed by atoms with E-state index in [0.29, 0.717) is 11.6 Å². The molecular weight excluding hydrogens is 404 g/mol. The van der Waals surface area contributed by atoms with Gasteiger partial charge < -0.3 is 9.47 Å². The van der Waals surface area contributed by atoms with Gasteiger partial charge >= 0.3 is 5.97 Å². The van der Waals surface area contributed by atoms with Crippen molar-refractivity contribution in [3.63, 3.8) is 0 Å². The van der Waals surface area contributed by atoms with E-state index in [4.69, 9.17) is 21.1 Å². The molecule has 0 aliphatic heterocycles. The SMILES string of the molecule is CCOC(CC(=O)OC)[C@H](Cc1ccc(Cl)cc1)c1ccc(Br)cc1. The Morgan fingerprint density at radius 2 is 1.76 bits per heavy atom. The highest BCUT2D eigenvalue weighted by Gasteiger charge is 2.27. The van der Waals surface area contributed by atoms with Crippen molar-refractivity contribution in [3.05, 3.63) is 69.2 Å². The average molecular weight is 426 g/mol. The molecule has 0 radical (unpaired) electrons. The Hall–Kier alpha value is -1.36. The number of hydrogen-bond acceptors (Lipinski definition) is 3. The van der Waals surface area contributed by atoms with Crippen LogP contribution in [0.4, 0.5) is 0 Å². The molecule has 0 bridgehead atoms. The van der Waals surface area contributed by atoms with Gasteiger partial charge in [-0.05, 0) is 48.7 Å². The first-order valence-electron chi connectivity index (χ1n) is 8.21. The molecular formula is C20H22BrClO3. The van der Waals surface area contributed by atoms with Crippen LogP contribution in [-0.2, 0) is 20.7 Å². The molecule has 1 unspecified atom stereocenters. The van der Waals surface area contributed by atoms with Crippen LogP contribution in [0.25, 0.3) is 0 Å². The highest BCUT2D eigenvalue weighted by atomic mass is 79.9. The van der Waals surface area contributed by atoms with Crippen LogP contribution in [0.1, 0.15) is 30.4 Å². The van der Waals surface area contributed by atoms with E-state index in [1.54, 1.807) is 0 Å². The average Bonchev–Trinajstić information content (AvgIpc) is 2.61. The zero-order valence-electron chi connectivity index (χ0n) is 14.4. The molecule has 0 aromatic heterocycles. The van der Waals surface area contributed by atoms with Crippen LogP contribution < -0.4 is 0 Å². The van der Waals surface area contributed by atoms with Gasteiger partial charge in [0.1, 0.15) is 0 Å². The fraction of sp³-hybridized carbons (Fsp3) is 0.350. The Morgan fingerprint density at radius 1 is 1.12 bits per heavy atom. The highest BCUT2D eigenvalue weighted by molar-refractivity contribution is 9.10. The molecule has 0 saturated heterocycles. The minimum Gasteiger partial charge on any atom is -0.469 e. The summed E-state index contributed by atoms with van der Waals surface area (Å²) in [6, 6.07) is 15.9. The minimum atomic E-state index is -0.267. The number of hydrogen-bond donors (Lipinski definition) is 0. The molecule has 134 valence electrons. The summed E-state index contributed by atoms with van der Waals surface area (Å²) < 4.78 is 11.8. The molecule has 0 saturated carbocycles. The molecule has 2 aromatic rings. The van der Waals surface area contributed by atoms with Gasteiger partial charge in [-0.15, -0.1) is 0 Å². The van der Waals surface area contributed by atoms with Crippen molar-refractivity contribution >= 4 is 33.5 Å². The minimum absolute atomic E-state index is 0.0355. The topological polar surface area (TPSA) is 35.5 Å². The summed E-state index contributed by atoms with van der Waals surface area (Å²) in [7, 11) is 1.40. The third kappa shape index (κ3) is 6.14. The molecule has 0 N–H and O–H groups in total. The van der Waals surface area contributed by atoms with Crippen LogP contribution in [0, 0.1) is 0 Å². The molecule has 0 heterocycles. The van der Waals surface area contributed by atoms with Crippen molar-refractivity contribution in [3.8, 4) is 0 Å². The smallest absolute Gasteiger partial charge is 0.308 e. The van der Waals surface area contributed by atoms with Gasteiger partial charge in [0.25, 0.3) is 0 Å². The van der Waals surface area contributed by atoms with E-state index in [2.05, 4.69) is 28.1 Å². The zero-order valence-corrected chi connectivity index (χ0v) is 16.7. The number of rotatable bonds is 8. The first kappa shape index (κ1) is 20.0. The molecule has 3 nitrogen and oxygen atoms in total. The summed E-state index contributed by atoms with van der Waals surface area (Å²) in [5, 5.41) is 0.708. The number of carbonyl (C=O) groups is 1. The second-order valence-corrected chi connectivity index (χ2v) is 7.11. The van der Waals surface area contributed by atoms with Crippen molar-refractivity contribution < 1.29 is 14.3 Å². The van der Waals surface area contributed by atoms with E-state index in [9.17, 15) is 4.79 Å². The predicted molar refractivity (Wildman–Crippen MR) is 104 cm³/mol. The third-order valence-electron chi connectivity index (χ3n) is 4.09. The normalized spacial score (nSPS) is 13.3. The van der Waals surface area contributed by atoms with Crippen LogP contribution in [0.15, 0.2) is 53.0 Å². The number of benzene rings is 2. The standard InChI is InChI=1S/C20H22BrClO3/c1-3-25-19(13-20(23)24-2)18(15-6-8-16(21)9-7-15)12-14-4-10-17(22)11-5-14/h4-11,18-19H,3,12-13H2,1-2H3/t18-,19?/m1/s1. The summed E-state index contributed by atoms with van der Waals surface area (Å²) in [5.41, 5.74) is 2.27. The third-order valence-corrected chi connectivity index (χ3v) is 4.87. The largest absolute Gasteiger partial charge is 0.469 e. The molecule has 25 heavy (non-hydrogen) atoms. The van der Waals surface area contributed by atoms with E-state index in [-0.39, 0.29) is 24.4 Å². The van der Waals surface area contributed by atoms with E-state index < -0.39 is 0 Å². The summed E-state index contributed by atoms with van der Waals surface area (Å²) in [5.74, 6) is -0.231. The lowest BCUT2D eigenvalue weighted by atomic mass is 9.86. The van der Waals surface area contributed by atoms with Crippen molar-refractivity contribution in [1.82, 2.24) is 0 Å². The van der Waals surface area contributed by atoms with E-state index in [0.717, 1.165) is 22.0 Å². The number of carbonyl (C=O) groups excluding carboxylic acids is 1. The molecule has 0 aliphatic rings. The van der Waals surface area contributed by atoms with Gasteiger partial charge in [0.05, 0.1) is 19.6 Å².